The third kappa shape index (κ3) is 4.30. The third-order valence-corrected chi connectivity index (χ3v) is 6.31. The van der Waals surface area contributed by atoms with Gasteiger partial charge in [-0.1, -0.05) is 0 Å². The molecule has 158 valence electrons. The summed E-state index contributed by atoms with van der Waals surface area (Å²) in [5, 5.41) is 5.20. The average Bonchev–Trinajstić information content (AvgIpc) is 3.43. The van der Waals surface area contributed by atoms with Crippen LogP contribution in [0.3, 0.4) is 0 Å². The van der Waals surface area contributed by atoms with Crippen LogP contribution in [-0.4, -0.2) is 54.3 Å². The molecule has 2 aromatic rings. The maximum atomic E-state index is 13.1. The summed E-state index contributed by atoms with van der Waals surface area (Å²) >= 11 is 1.37. The molecule has 0 aliphatic carbocycles. The monoisotopic (exact) mass is 428 g/mol. The largest absolute Gasteiger partial charge is 0.497 e. The standard InChI is InChI=1S/C21H24N4O4S/c1-29-17-6-4-16(5-7-17)25-13-15(11-18(25)26)20(28)24-9-2-3-14(12-24)19(27)23-21-22-8-10-30-21/h4-8,10,14-15H,2-3,9,11-13H2,1H3,(H,22,23,27)/t14-,15-/m1/s1. The number of piperidine rings is 1. The van der Waals surface area contributed by atoms with E-state index in [9.17, 15) is 14.4 Å². The van der Waals surface area contributed by atoms with Gasteiger partial charge in [-0.15, -0.1) is 11.3 Å². The van der Waals surface area contributed by atoms with Gasteiger partial charge in [0.25, 0.3) is 0 Å². The molecule has 2 aliphatic rings. The summed E-state index contributed by atoms with van der Waals surface area (Å²) in [5.74, 6) is -0.153. The summed E-state index contributed by atoms with van der Waals surface area (Å²) in [6.45, 7) is 1.35. The zero-order valence-corrected chi connectivity index (χ0v) is 17.6. The summed E-state index contributed by atoms with van der Waals surface area (Å²) in [5.41, 5.74) is 0.760. The predicted octanol–water partition coefficient (Wildman–Crippen LogP) is 2.38. The molecule has 2 atom stereocenters. The van der Waals surface area contributed by atoms with Crippen LogP contribution in [0.15, 0.2) is 35.8 Å². The highest BCUT2D eigenvalue weighted by Gasteiger charge is 2.39. The summed E-state index contributed by atoms with van der Waals surface area (Å²) in [7, 11) is 1.59. The lowest BCUT2D eigenvalue weighted by molar-refractivity contribution is -0.138. The Labute approximate surface area is 178 Å². The van der Waals surface area contributed by atoms with Crippen molar-refractivity contribution in [3.05, 3.63) is 35.8 Å². The fourth-order valence-electron chi connectivity index (χ4n) is 4.03. The number of likely N-dealkylation sites (tertiary alicyclic amines) is 1. The third-order valence-electron chi connectivity index (χ3n) is 5.62. The van der Waals surface area contributed by atoms with E-state index in [4.69, 9.17) is 4.74 Å². The molecule has 0 spiro atoms. The van der Waals surface area contributed by atoms with Crippen LogP contribution in [0.25, 0.3) is 0 Å². The molecule has 4 rings (SSSR count). The van der Waals surface area contributed by atoms with E-state index in [0.29, 0.717) is 30.5 Å². The summed E-state index contributed by atoms with van der Waals surface area (Å²) in [6, 6.07) is 7.25. The number of carbonyl (C=O) groups excluding carboxylic acids is 3. The van der Waals surface area contributed by atoms with Gasteiger partial charge in [0, 0.05) is 43.3 Å². The molecule has 1 aromatic heterocycles. The van der Waals surface area contributed by atoms with Crippen LogP contribution < -0.4 is 15.0 Å². The van der Waals surface area contributed by atoms with E-state index in [0.717, 1.165) is 18.5 Å². The molecule has 2 fully saturated rings. The number of hydrogen-bond donors (Lipinski definition) is 1. The molecule has 30 heavy (non-hydrogen) atoms. The number of benzene rings is 1. The van der Waals surface area contributed by atoms with E-state index in [1.54, 1.807) is 40.6 Å². The number of rotatable bonds is 5. The van der Waals surface area contributed by atoms with Gasteiger partial charge in [-0.25, -0.2) is 4.98 Å². The van der Waals surface area contributed by atoms with Crippen molar-refractivity contribution in [2.75, 3.05) is 37.0 Å². The van der Waals surface area contributed by atoms with Crippen molar-refractivity contribution in [3.8, 4) is 5.75 Å². The number of methoxy groups -OCH3 is 1. The zero-order valence-electron chi connectivity index (χ0n) is 16.7. The second-order valence-electron chi connectivity index (χ2n) is 7.55. The fraction of sp³-hybridized carbons (Fsp3) is 0.429. The molecular weight excluding hydrogens is 404 g/mol. The van der Waals surface area contributed by atoms with Crippen molar-refractivity contribution in [3.63, 3.8) is 0 Å². The summed E-state index contributed by atoms with van der Waals surface area (Å²) < 4.78 is 5.16. The lowest BCUT2D eigenvalue weighted by atomic mass is 9.95. The van der Waals surface area contributed by atoms with E-state index in [1.165, 1.54) is 11.3 Å². The zero-order chi connectivity index (χ0) is 21.1. The van der Waals surface area contributed by atoms with Gasteiger partial charge in [0.05, 0.1) is 18.9 Å². The molecular formula is C21H24N4O4S. The second kappa shape index (κ2) is 8.83. The van der Waals surface area contributed by atoms with E-state index in [-0.39, 0.29) is 36.0 Å². The van der Waals surface area contributed by atoms with Crippen LogP contribution in [0.5, 0.6) is 5.75 Å². The van der Waals surface area contributed by atoms with Crippen molar-refractivity contribution in [1.29, 1.82) is 0 Å². The molecule has 0 saturated carbocycles. The van der Waals surface area contributed by atoms with Gasteiger partial charge >= 0.3 is 0 Å². The first-order valence-corrected chi connectivity index (χ1v) is 10.9. The van der Waals surface area contributed by atoms with Crippen molar-refractivity contribution < 1.29 is 19.1 Å². The van der Waals surface area contributed by atoms with E-state index < -0.39 is 0 Å². The number of anilines is 2. The van der Waals surface area contributed by atoms with E-state index in [1.807, 2.05) is 12.1 Å². The van der Waals surface area contributed by atoms with Crippen LogP contribution in [-0.2, 0) is 14.4 Å². The van der Waals surface area contributed by atoms with Crippen molar-refractivity contribution in [2.24, 2.45) is 11.8 Å². The van der Waals surface area contributed by atoms with Crippen LogP contribution >= 0.6 is 11.3 Å². The number of nitrogens with one attached hydrogen (secondary N) is 1. The minimum atomic E-state index is -0.389. The number of amides is 3. The molecule has 3 amide bonds. The minimum absolute atomic E-state index is 0.0499. The summed E-state index contributed by atoms with van der Waals surface area (Å²) in [6.07, 6.45) is 3.34. The van der Waals surface area contributed by atoms with Crippen LogP contribution in [0.2, 0.25) is 0 Å². The highest BCUT2D eigenvalue weighted by Crippen LogP contribution is 2.29. The number of hydrogen-bond acceptors (Lipinski definition) is 6. The van der Waals surface area contributed by atoms with Gasteiger partial charge < -0.3 is 19.9 Å². The predicted molar refractivity (Wildman–Crippen MR) is 114 cm³/mol. The Bertz CT molecular complexity index is 916. The number of thiazole rings is 1. The SMILES string of the molecule is COc1ccc(N2C[C@H](C(=O)N3CCC[C@@H](C(=O)Nc4nccs4)C3)CC2=O)cc1. The molecule has 9 heteroatoms. The van der Waals surface area contributed by atoms with Gasteiger partial charge in [-0.3, -0.25) is 14.4 Å². The Balaban J connectivity index is 1.37. The van der Waals surface area contributed by atoms with Crippen molar-refractivity contribution in [1.82, 2.24) is 9.88 Å². The van der Waals surface area contributed by atoms with Gasteiger partial charge in [-0.05, 0) is 37.1 Å². The Morgan fingerprint density at radius 1 is 1.20 bits per heavy atom. The van der Waals surface area contributed by atoms with Crippen molar-refractivity contribution >= 4 is 39.9 Å². The highest BCUT2D eigenvalue weighted by atomic mass is 32.1. The molecule has 3 heterocycles. The Hall–Kier alpha value is -2.94. The lowest BCUT2D eigenvalue weighted by Crippen LogP contribution is -2.46. The Morgan fingerprint density at radius 2 is 2.00 bits per heavy atom. The van der Waals surface area contributed by atoms with Crippen LogP contribution in [0, 0.1) is 11.8 Å². The molecule has 2 saturated heterocycles. The van der Waals surface area contributed by atoms with Crippen molar-refractivity contribution in [2.45, 2.75) is 19.3 Å². The molecule has 2 aliphatic heterocycles. The van der Waals surface area contributed by atoms with Gasteiger partial charge in [0.1, 0.15) is 5.75 Å². The normalized spacial score (nSPS) is 21.6. The smallest absolute Gasteiger partial charge is 0.231 e. The number of aromatic nitrogens is 1. The first kappa shape index (κ1) is 20.3. The molecule has 0 radical (unpaired) electrons. The maximum Gasteiger partial charge on any atom is 0.231 e. The lowest BCUT2D eigenvalue weighted by Gasteiger charge is -2.33. The molecule has 1 N–H and O–H groups in total. The Kier molecular flexibility index (Phi) is 5.98. The quantitative estimate of drug-likeness (QED) is 0.790. The molecule has 0 bridgehead atoms. The van der Waals surface area contributed by atoms with Gasteiger partial charge in [-0.2, -0.15) is 0 Å². The second-order valence-corrected chi connectivity index (χ2v) is 8.45. The first-order chi connectivity index (χ1) is 14.5. The summed E-state index contributed by atoms with van der Waals surface area (Å²) in [4.78, 5) is 45.6. The van der Waals surface area contributed by atoms with Gasteiger partial charge in [0.2, 0.25) is 17.7 Å². The molecule has 1 aromatic carbocycles. The van der Waals surface area contributed by atoms with Gasteiger partial charge in [0.15, 0.2) is 5.13 Å². The fourth-order valence-corrected chi connectivity index (χ4v) is 4.56. The Morgan fingerprint density at radius 3 is 2.70 bits per heavy atom. The number of ether oxygens (including phenoxy) is 1. The highest BCUT2D eigenvalue weighted by molar-refractivity contribution is 7.13. The average molecular weight is 429 g/mol. The first-order valence-electron chi connectivity index (χ1n) is 9.98. The van der Waals surface area contributed by atoms with E-state index >= 15 is 0 Å². The number of nitrogens with zero attached hydrogens (tertiary/aromatic N) is 3. The number of carbonyl (C=O) groups is 3. The topological polar surface area (TPSA) is 91.8 Å². The molecule has 8 nitrogen and oxygen atoms in total. The maximum absolute atomic E-state index is 13.1. The van der Waals surface area contributed by atoms with E-state index in [2.05, 4.69) is 10.3 Å². The van der Waals surface area contributed by atoms with Crippen LogP contribution in [0.4, 0.5) is 10.8 Å². The van der Waals surface area contributed by atoms with Crippen LogP contribution in [0.1, 0.15) is 19.3 Å². The minimum Gasteiger partial charge on any atom is -0.497 e. The molecule has 0 unspecified atom stereocenters.